The summed E-state index contributed by atoms with van der Waals surface area (Å²) in [5, 5.41) is 5.38. The zero-order valence-electron chi connectivity index (χ0n) is 26.6. The van der Waals surface area contributed by atoms with Crippen molar-refractivity contribution in [2.45, 2.75) is 38.9 Å². The van der Waals surface area contributed by atoms with Gasteiger partial charge >= 0.3 is 6.18 Å². The summed E-state index contributed by atoms with van der Waals surface area (Å²) in [6.07, 6.45) is -0.918. The largest absolute Gasteiger partial charge is 0.495 e. The second kappa shape index (κ2) is 11.3. The number of carbonyl (C=O) groups is 1. The van der Waals surface area contributed by atoms with Crippen molar-refractivity contribution in [3.05, 3.63) is 64.6 Å². The molecule has 1 saturated heterocycles. The topological polar surface area (TPSA) is 117 Å². The van der Waals surface area contributed by atoms with E-state index < -0.39 is 33.4 Å². The second-order valence-corrected chi connectivity index (χ2v) is 15.0. The Kier molecular flexibility index (Phi) is 7.94. The van der Waals surface area contributed by atoms with Gasteiger partial charge < -0.3 is 20.3 Å². The predicted molar refractivity (Wildman–Crippen MR) is 169 cm³/mol. The number of alkyl halides is 3. The van der Waals surface area contributed by atoms with Crippen molar-refractivity contribution in [2.75, 3.05) is 55.5 Å². The molecule has 2 saturated carbocycles. The number of Topliss-reactive ketones (excluding diaryl/α,β-unsaturated/α-hetero) is 1. The highest BCUT2D eigenvalue weighted by atomic mass is 32.2. The van der Waals surface area contributed by atoms with Gasteiger partial charge in [-0.1, -0.05) is 12.1 Å². The van der Waals surface area contributed by atoms with E-state index in [-0.39, 0.29) is 52.5 Å². The van der Waals surface area contributed by atoms with Crippen LogP contribution in [-0.4, -0.2) is 69.6 Å². The lowest BCUT2D eigenvalue weighted by Gasteiger charge is -2.22. The van der Waals surface area contributed by atoms with E-state index in [0.717, 1.165) is 48.1 Å². The van der Waals surface area contributed by atoms with Crippen LogP contribution in [0.4, 0.5) is 40.7 Å². The number of anilines is 4. The number of likely N-dealkylation sites (tertiary alicyclic amines) is 1. The molecule has 2 N–H and O–H groups in total. The van der Waals surface area contributed by atoms with Crippen molar-refractivity contribution >= 4 is 38.9 Å². The van der Waals surface area contributed by atoms with E-state index in [2.05, 4.69) is 32.5 Å². The van der Waals surface area contributed by atoms with E-state index in [0.29, 0.717) is 23.4 Å². The highest BCUT2D eigenvalue weighted by molar-refractivity contribution is 7.92. The van der Waals surface area contributed by atoms with Gasteiger partial charge in [-0.15, -0.1) is 0 Å². The first-order chi connectivity index (χ1) is 22.0. The summed E-state index contributed by atoms with van der Waals surface area (Å²) < 4.78 is 88.1. The molecule has 1 aliphatic heterocycles. The molecule has 0 bridgehead atoms. The Morgan fingerprint density at radius 3 is 2.60 bits per heavy atom. The lowest BCUT2D eigenvalue weighted by molar-refractivity contribution is -0.137. The summed E-state index contributed by atoms with van der Waals surface area (Å²) in [7, 11) is 1.10. The number of nitrogens with zero attached hydrogens (tertiary/aromatic N) is 4. The van der Waals surface area contributed by atoms with Gasteiger partial charge in [-0.2, -0.15) is 18.2 Å². The van der Waals surface area contributed by atoms with Crippen LogP contribution < -0.4 is 19.7 Å². The van der Waals surface area contributed by atoms with Crippen LogP contribution in [0.5, 0.6) is 5.75 Å². The van der Waals surface area contributed by atoms with Crippen molar-refractivity contribution in [3.63, 3.8) is 0 Å². The third kappa shape index (κ3) is 5.88. The van der Waals surface area contributed by atoms with Crippen molar-refractivity contribution in [1.29, 1.82) is 0 Å². The Morgan fingerprint density at radius 1 is 1.23 bits per heavy atom. The number of carbonyl (C=O) groups excluding carboxylic acids is 1. The Hall–Kier alpha value is -3.98. The van der Waals surface area contributed by atoms with E-state index in [1.165, 1.54) is 20.2 Å². The first-order valence-corrected chi connectivity index (χ1v) is 16.9. The van der Waals surface area contributed by atoms with Gasteiger partial charge in [0.05, 0.1) is 30.3 Å². The van der Waals surface area contributed by atoms with Gasteiger partial charge in [-0.3, -0.25) is 9.10 Å². The third-order valence-corrected chi connectivity index (χ3v) is 11.3. The summed E-state index contributed by atoms with van der Waals surface area (Å²) in [6, 6.07) is 7.28. The molecule has 3 fully saturated rings. The molecule has 0 amide bonds. The summed E-state index contributed by atoms with van der Waals surface area (Å²) >= 11 is 0. The SMILES string of the molecule is COc1cc(C(=O)CC23CC2[C@@]32CCN(C)C2)c(F)cc1Nc1ncc(C(F)(F)F)c(NCc2ccc(C)cc2N(C)S(C)(=O)=O)n1. The number of ketones is 1. The molecule has 3 aromatic rings. The molecule has 15 heteroatoms. The number of rotatable bonds is 11. The van der Waals surface area contributed by atoms with Crippen LogP contribution in [0.3, 0.4) is 0 Å². The number of methoxy groups -OCH3 is 1. The number of hydrogen-bond acceptors (Lipinski definition) is 9. The maximum atomic E-state index is 15.4. The maximum absolute atomic E-state index is 15.4. The van der Waals surface area contributed by atoms with Gasteiger partial charge in [-0.25, -0.2) is 17.8 Å². The maximum Gasteiger partial charge on any atom is 0.421 e. The fraction of sp³-hybridized carbons (Fsp3) is 0.469. The molecule has 0 radical (unpaired) electrons. The highest BCUT2D eigenvalue weighted by Crippen LogP contribution is 2.91. The van der Waals surface area contributed by atoms with Gasteiger partial charge in [0.25, 0.3) is 0 Å². The Balaban J connectivity index is 1.23. The minimum absolute atomic E-state index is 0.0191. The number of aromatic nitrogens is 2. The molecular weight excluding hydrogens is 640 g/mol. The lowest BCUT2D eigenvalue weighted by Crippen LogP contribution is -2.26. The van der Waals surface area contributed by atoms with E-state index >= 15 is 4.39 Å². The smallest absolute Gasteiger partial charge is 0.421 e. The molecule has 1 spiro atoms. The van der Waals surface area contributed by atoms with Crippen LogP contribution in [0.25, 0.3) is 0 Å². The van der Waals surface area contributed by atoms with Gasteiger partial charge in [0.1, 0.15) is 22.9 Å². The second-order valence-electron chi connectivity index (χ2n) is 13.0. The summed E-state index contributed by atoms with van der Waals surface area (Å²) in [6.45, 7) is 3.50. The van der Waals surface area contributed by atoms with Crippen molar-refractivity contribution < 1.29 is 35.5 Å². The predicted octanol–water partition coefficient (Wildman–Crippen LogP) is 5.62. The van der Waals surface area contributed by atoms with Crippen LogP contribution in [0.1, 0.15) is 46.3 Å². The highest BCUT2D eigenvalue weighted by Gasteiger charge is 2.88. The Bertz CT molecular complexity index is 1870. The first kappa shape index (κ1) is 32.9. The number of benzene rings is 2. The fourth-order valence-corrected chi connectivity index (χ4v) is 7.83. The molecule has 1 aromatic heterocycles. The van der Waals surface area contributed by atoms with Crippen molar-refractivity contribution in [3.8, 4) is 5.75 Å². The third-order valence-electron chi connectivity index (χ3n) is 10.1. The van der Waals surface area contributed by atoms with Crippen LogP contribution in [0.15, 0.2) is 36.5 Å². The van der Waals surface area contributed by atoms with E-state index in [1.54, 1.807) is 25.1 Å². The van der Waals surface area contributed by atoms with Gasteiger partial charge in [0.15, 0.2) is 5.78 Å². The molecule has 10 nitrogen and oxygen atoms in total. The molecule has 2 aromatic carbocycles. The Labute approximate surface area is 270 Å². The standard InChI is InChI=1S/C32H36F4N6O4S/c1-18-6-7-19(24(10-18)42(3)47(5,44)45)15-37-28-21(32(34,35)36)16-38-29(40-28)39-23-12-22(33)20(11-26(23)46-4)25(43)13-31-14-27(31)30(31)8-9-41(2)17-30/h6-7,10-12,16,27H,8-9,13-15,17H2,1-5H3,(H2,37,38,39,40)/t27?,30-,31?/m0/s1. The minimum atomic E-state index is -4.82. The monoisotopic (exact) mass is 676 g/mol. The van der Waals surface area contributed by atoms with Crippen LogP contribution in [0.2, 0.25) is 0 Å². The van der Waals surface area contributed by atoms with Gasteiger partial charge in [-0.05, 0) is 73.4 Å². The van der Waals surface area contributed by atoms with Gasteiger partial charge in [0.2, 0.25) is 16.0 Å². The van der Waals surface area contributed by atoms with Crippen LogP contribution in [-0.2, 0) is 22.7 Å². The molecule has 2 unspecified atom stereocenters. The quantitative estimate of drug-likeness (QED) is 0.197. The zero-order valence-corrected chi connectivity index (χ0v) is 27.4. The molecule has 3 aliphatic rings. The number of aryl methyl sites for hydroxylation is 1. The lowest BCUT2D eigenvalue weighted by atomic mass is 9.83. The molecule has 2 heterocycles. The molecule has 2 aliphatic carbocycles. The van der Waals surface area contributed by atoms with E-state index in [4.69, 9.17) is 4.74 Å². The van der Waals surface area contributed by atoms with Gasteiger partial charge in [0, 0.05) is 38.8 Å². The normalized spacial score (nSPS) is 23.4. The fourth-order valence-electron chi connectivity index (χ4n) is 7.30. The first-order valence-electron chi connectivity index (χ1n) is 15.1. The average molecular weight is 677 g/mol. The average Bonchev–Trinajstić information content (AvgIpc) is 3.77. The zero-order chi connectivity index (χ0) is 34.1. The molecule has 6 rings (SSSR count). The summed E-state index contributed by atoms with van der Waals surface area (Å²) in [5.41, 5.74) is 0.319. The number of nitrogens with one attached hydrogen (secondary N) is 2. The molecular formula is C32H36F4N6O4S. The number of hydrogen-bond donors (Lipinski definition) is 2. The van der Waals surface area contributed by atoms with Crippen molar-refractivity contribution in [2.24, 2.45) is 16.7 Å². The van der Waals surface area contributed by atoms with E-state index in [9.17, 15) is 26.4 Å². The van der Waals surface area contributed by atoms with Crippen LogP contribution in [0, 0.1) is 29.5 Å². The number of sulfonamides is 1. The van der Waals surface area contributed by atoms with Crippen molar-refractivity contribution in [1.82, 2.24) is 14.9 Å². The number of ether oxygens (including phenoxy) is 1. The number of halogens is 4. The van der Waals surface area contributed by atoms with E-state index in [1.807, 2.05) is 0 Å². The molecule has 3 atom stereocenters. The number of fused-ring (bicyclic) bond motifs is 3. The molecule has 252 valence electrons. The molecule has 47 heavy (non-hydrogen) atoms. The Morgan fingerprint density at radius 2 is 1.98 bits per heavy atom. The summed E-state index contributed by atoms with van der Waals surface area (Å²) in [4.78, 5) is 23.4. The van der Waals surface area contributed by atoms with Crippen LogP contribution >= 0.6 is 0 Å². The summed E-state index contributed by atoms with van der Waals surface area (Å²) in [5.74, 6) is -1.37. The minimum Gasteiger partial charge on any atom is -0.495 e.